The molecule has 3 N–H and O–H groups in total. The number of pyridine rings is 1. The highest BCUT2D eigenvalue weighted by Gasteiger charge is 2.22. The number of nitrogens with two attached hydrogens (primary N) is 1. The molecule has 0 saturated carbocycles. The molecule has 0 amide bonds. The molecule has 1 aromatic carbocycles. The molecule has 0 saturated heterocycles. The van der Waals surface area contributed by atoms with E-state index in [2.05, 4.69) is 9.71 Å². The molecule has 6 nitrogen and oxygen atoms in total. The van der Waals surface area contributed by atoms with Crippen LogP contribution >= 0.6 is 0 Å². The van der Waals surface area contributed by atoms with Crippen molar-refractivity contribution in [2.75, 3.05) is 12.8 Å². The van der Waals surface area contributed by atoms with Gasteiger partial charge in [0.15, 0.2) is 0 Å². The van der Waals surface area contributed by atoms with E-state index in [1.807, 2.05) is 0 Å². The van der Waals surface area contributed by atoms with Crippen LogP contribution in [0, 0.1) is 0 Å². The Hall–Kier alpha value is -2.12. The van der Waals surface area contributed by atoms with E-state index in [4.69, 9.17) is 10.5 Å². The van der Waals surface area contributed by atoms with Crippen molar-refractivity contribution in [1.82, 2.24) is 9.71 Å². The quantitative estimate of drug-likeness (QED) is 0.820. The lowest BCUT2D eigenvalue weighted by molar-refractivity contribution is 0.402. The number of sulfonamides is 1. The van der Waals surface area contributed by atoms with Gasteiger partial charge < -0.3 is 10.5 Å². The van der Waals surface area contributed by atoms with Crippen LogP contribution in [0.3, 0.4) is 0 Å². The summed E-state index contributed by atoms with van der Waals surface area (Å²) in [6.45, 7) is 1.75. The van der Waals surface area contributed by atoms with Gasteiger partial charge in [-0.1, -0.05) is 6.07 Å². The number of ether oxygens (including phenoxy) is 1. The van der Waals surface area contributed by atoms with Crippen LogP contribution in [0.4, 0.5) is 5.69 Å². The minimum absolute atomic E-state index is 0.0509. The van der Waals surface area contributed by atoms with Crippen molar-refractivity contribution in [3.63, 3.8) is 0 Å². The average molecular weight is 307 g/mol. The van der Waals surface area contributed by atoms with Gasteiger partial charge in [-0.25, -0.2) is 13.1 Å². The number of nitrogen functional groups attached to an aromatic ring is 1. The minimum Gasteiger partial charge on any atom is -0.495 e. The normalized spacial score (nSPS) is 12.9. The smallest absolute Gasteiger partial charge is 0.244 e. The Morgan fingerprint density at radius 1 is 1.33 bits per heavy atom. The molecular formula is C14H17N3O3S. The predicted octanol–water partition coefficient (Wildman–Crippen LogP) is 1.71. The zero-order valence-corrected chi connectivity index (χ0v) is 12.6. The van der Waals surface area contributed by atoms with Gasteiger partial charge in [-0.05, 0) is 30.7 Å². The lowest BCUT2D eigenvalue weighted by Gasteiger charge is -2.16. The number of methoxy groups -OCH3 is 1. The molecule has 1 heterocycles. The molecule has 2 aromatic rings. The molecule has 0 aliphatic heterocycles. The Balaban J connectivity index is 2.31. The van der Waals surface area contributed by atoms with Gasteiger partial charge in [-0.3, -0.25) is 4.98 Å². The van der Waals surface area contributed by atoms with Gasteiger partial charge in [-0.2, -0.15) is 0 Å². The summed E-state index contributed by atoms with van der Waals surface area (Å²) in [6, 6.07) is 7.57. The molecule has 0 fully saturated rings. The van der Waals surface area contributed by atoms with E-state index >= 15 is 0 Å². The number of aromatic nitrogens is 1. The third-order valence-electron chi connectivity index (χ3n) is 2.99. The lowest BCUT2D eigenvalue weighted by Crippen LogP contribution is -2.27. The first-order valence-electron chi connectivity index (χ1n) is 6.30. The van der Waals surface area contributed by atoms with Gasteiger partial charge in [0.25, 0.3) is 0 Å². The van der Waals surface area contributed by atoms with E-state index in [9.17, 15) is 8.42 Å². The van der Waals surface area contributed by atoms with Crippen molar-refractivity contribution in [2.45, 2.75) is 17.9 Å². The number of anilines is 1. The van der Waals surface area contributed by atoms with E-state index in [1.165, 1.54) is 25.3 Å². The second-order valence-corrected chi connectivity index (χ2v) is 6.22. The van der Waals surface area contributed by atoms with Crippen LogP contribution in [0.2, 0.25) is 0 Å². The summed E-state index contributed by atoms with van der Waals surface area (Å²) in [6.07, 6.45) is 3.25. The van der Waals surface area contributed by atoms with Crippen LogP contribution in [-0.2, 0) is 10.0 Å². The monoisotopic (exact) mass is 307 g/mol. The first-order chi connectivity index (χ1) is 9.94. The third kappa shape index (κ3) is 3.50. The summed E-state index contributed by atoms with van der Waals surface area (Å²) in [7, 11) is -2.32. The second kappa shape index (κ2) is 6.11. The molecule has 0 bridgehead atoms. The van der Waals surface area contributed by atoms with Crippen molar-refractivity contribution in [1.29, 1.82) is 0 Å². The van der Waals surface area contributed by atoms with E-state index in [1.54, 1.807) is 31.5 Å². The van der Waals surface area contributed by atoms with E-state index < -0.39 is 16.1 Å². The molecule has 7 heteroatoms. The Morgan fingerprint density at radius 2 is 2.10 bits per heavy atom. The van der Waals surface area contributed by atoms with Gasteiger partial charge in [0.2, 0.25) is 10.0 Å². The highest BCUT2D eigenvalue weighted by Crippen LogP contribution is 2.27. The minimum atomic E-state index is -3.73. The maximum absolute atomic E-state index is 12.5. The molecule has 0 aliphatic carbocycles. The highest BCUT2D eigenvalue weighted by atomic mass is 32.2. The van der Waals surface area contributed by atoms with Crippen LogP contribution in [0.1, 0.15) is 18.5 Å². The van der Waals surface area contributed by atoms with E-state index in [0.717, 1.165) is 5.56 Å². The number of hydrogen-bond donors (Lipinski definition) is 2. The number of hydrogen-bond acceptors (Lipinski definition) is 5. The van der Waals surface area contributed by atoms with Gasteiger partial charge in [-0.15, -0.1) is 0 Å². The Bertz CT molecular complexity index is 717. The molecule has 0 aliphatic rings. The summed E-state index contributed by atoms with van der Waals surface area (Å²) >= 11 is 0. The average Bonchev–Trinajstić information content (AvgIpc) is 2.47. The molecule has 0 spiro atoms. The van der Waals surface area contributed by atoms with Gasteiger partial charge in [0, 0.05) is 30.2 Å². The predicted molar refractivity (Wildman–Crippen MR) is 80.4 cm³/mol. The number of benzene rings is 1. The second-order valence-electron chi connectivity index (χ2n) is 4.54. The van der Waals surface area contributed by atoms with E-state index in [-0.39, 0.29) is 10.6 Å². The van der Waals surface area contributed by atoms with E-state index in [0.29, 0.717) is 5.69 Å². The van der Waals surface area contributed by atoms with Crippen LogP contribution in [-0.4, -0.2) is 20.5 Å². The summed E-state index contributed by atoms with van der Waals surface area (Å²) in [5.41, 5.74) is 6.84. The molecule has 0 radical (unpaired) electrons. The molecule has 1 atom stereocenters. The summed E-state index contributed by atoms with van der Waals surface area (Å²) in [5, 5.41) is 0. The van der Waals surface area contributed by atoms with Crippen molar-refractivity contribution < 1.29 is 13.2 Å². The summed E-state index contributed by atoms with van der Waals surface area (Å²) in [4.78, 5) is 4.03. The molecular weight excluding hydrogens is 290 g/mol. The Kier molecular flexibility index (Phi) is 4.44. The number of nitrogens with one attached hydrogen (secondary N) is 1. The number of nitrogens with zero attached hydrogens (tertiary/aromatic N) is 1. The Labute approximate surface area is 124 Å². The molecule has 2 rings (SSSR count). The van der Waals surface area contributed by atoms with Crippen molar-refractivity contribution in [3.8, 4) is 5.75 Å². The van der Waals surface area contributed by atoms with Gasteiger partial charge in [0.1, 0.15) is 10.6 Å². The third-order valence-corrected chi connectivity index (χ3v) is 4.57. The summed E-state index contributed by atoms with van der Waals surface area (Å²) in [5.74, 6) is 0.209. The molecule has 112 valence electrons. The Morgan fingerprint density at radius 3 is 2.71 bits per heavy atom. The zero-order chi connectivity index (χ0) is 15.5. The standard InChI is InChI=1S/C14H17N3O3S/c1-10(11-4-3-7-16-9-11)17-21(18,19)14-6-5-12(15)8-13(14)20-2/h3-10,17H,15H2,1-2H3. The fourth-order valence-electron chi connectivity index (χ4n) is 1.90. The van der Waals surface area contributed by atoms with Crippen molar-refractivity contribution in [2.24, 2.45) is 0 Å². The summed E-state index contributed by atoms with van der Waals surface area (Å²) < 4.78 is 32.6. The zero-order valence-electron chi connectivity index (χ0n) is 11.8. The fourth-order valence-corrected chi connectivity index (χ4v) is 3.29. The first-order valence-corrected chi connectivity index (χ1v) is 7.78. The first kappa shape index (κ1) is 15.3. The molecule has 21 heavy (non-hydrogen) atoms. The van der Waals surface area contributed by atoms with Crippen LogP contribution in [0.25, 0.3) is 0 Å². The number of rotatable bonds is 5. The molecule has 1 unspecified atom stereocenters. The van der Waals surface area contributed by atoms with Crippen molar-refractivity contribution >= 4 is 15.7 Å². The van der Waals surface area contributed by atoms with Crippen LogP contribution in [0.5, 0.6) is 5.75 Å². The van der Waals surface area contributed by atoms with Gasteiger partial charge >= 0.3 is 0 Å². The van der Waals surface area contributed by atoms with Crippen LogP contribution < -0.4 is 15.2 Å². The van der Waals surface area contributed by atoms with Crippen LogP contribution in [0.15, 0.2) is 47.6 Å². The highest BCUT2D eigenvalue weighted by molar-refractivity contribution is 7.89. The maximum Gasteiger partial charge on any atom is 0.244 e. The van der Waals surface area contributed by atoms with Crippen molar-refractivity contribution in [3.05, 3.63) is 48.3 Å². The van der Waals surface area contributed by atoms with Gasteiger partial charge in [0.05, 0.1) is 7.11 Å². The maximum atomic E-state index is 12.5. The lowest BCUT2D eigenvalue weighted by atomic mass is 10.2. The SMILES string of the molecule is COc1cc(N)ccc1S(=O)(=O)NC(C)c1cccnc1. The molecule has 1 aromatic heterocycles. The largest absolute Gasteiger partial charge is 0.495 e. The fraction of sp³-hybridized carbons (Fsp3) is 0.214. The topological polar surface area (TPSA) is 94.3 Å².